The second-order valence-corrected chi connectivity index (χ2v) is 39.3. The van der Waals surface area contributed by atoms with E-state index in [2.05, 4.69) is 259 Å². The molecule has 0 bridgehead atoms. The van der Waals surface area contributed by atoms with Gasteiger partial charge in [-0.05, 0) is 274 Å². The van der Waals surface area contributed by atoms with Crippen LogP contribution in [-0.4, -0.2) is 37.2 Å². The Kier molecular flexibility index (Phi) is 26.7. The summed E-state index contributed by atoms with van der Waals surface area (Å²) in [5.74, 6) is -0.756. The monoisotopic (exact) mass is 1500 g/mol. The summed E-state index contributed by atoms with van der Waals surface area (Å²) in [6.45, 7) is 57.0. The molecule has 0 saturated heterocycles. The number of carboxylic acid groups (broad SMARTS) is 1. The lowest BCUT2D eigenvalue weighted by Crippen LogP contribution is -2.34. The van der Waals surface area contributed by atoms with Crippen LogP contribution in [0.3, 0.4) is 0 Å². The molecule has 596 valence electrons. The average Bonchev–Trinajstić information content (AvgIpc) is 0.766. The molecule has 111 heavy (non-hydrogen) atoms. The zero-order valence-corrected chi connectivity index (χ0v) is 72.6. The molecular formula is C101H136N4O6. The van der Waals surface area contributed by atoms with Gasteiger partial charge in [0, 0.05) is 48.9 Å². The van der Waals surface area contributed by atoms with E-state index in [4.69, 9.17) is 14.6 Å². The zero-order chi connectivity index (χ0) is 81.6. The third-order valence-corrected chi connectivity index (χ3v) is 25.3. The topological polar surface area (TPSA) is 138 Å². The fourth-order valence-corrected chi connectivity index (χ4v) is 16.8. The molecule has 4 aliphatic rings. The van der Waals surface area contributed by atoms with Crippen molar-refractivity contribution in [2.75, 3.05) is 35.5 Å². The number of hydrogen-bond donors (Lipinski definition) is 5. The summed E-state index contributed by atoms with van der Waals surface area (Å²) >= 11 is 0. The van der Waals surface area contributed by atoms with Gasteiger partial charge in [0.2, 0.25) is 0 Å². The van der Waals surface area contributed by atoms with E-state index < -0.39 is 5.97 Å². The van der Waals surface area contributed by atoms with E-state index in [0.29, 0.717) is 18.8 Å². The first-order chi connectivity index (χ1) is 51.7. The SMILES string of the molecule is CC(C)c1cc2c(cc1CNc1ccc(CC(=O)O)cc1)C(C)(C)CCC2(C)C.COC(=O)Cc1ccc(NCc2cc3c(cc2C)C(C)(C)CCC3(C)C)cc1.COC(=O)Cc1ccc(NCc2ccc3c(c2)C(C)(C)CCC3(C)C)cc1.Cc1cc2c(cc1CNc1ccc(C(C)(C)C)cc1)C(C)(C)CCC2(C)C. The molecule has 0 saturated carbocycles. The van der Waals surface area contributed by atoms with Crippen molar-refractivity contribution >= 4 is 40.7 Å². The Labute approximate surface area is 669 Å². The number of hydrogen-bond acceptors (Lipinski definition) is 9. The first-order valence-electron chi connectivity index (χ1n) is 41.0. The highest BCUT2D eigenvalue weighted by Gasteiger charge is 2.41. The van der Waals surface area contributed by atoms with Gasteiger partial charge in [0.1, 0.15) is 0 Å². The first kappa shape index (κ1) is 86.4. The normalized spacial score (nSPS) is 17.3. The van der Waals surface area contributed by atoms with E-state index in [-0.39, 0.29) is 67.1 Å². The molecule has 10 heteroatoms. The first-order valence-corrected chi connectivity index (χ1v) is 41.0. The van der Waals surface area contributed by atoms with E-state index in [1.165, 1.54) is 149 Å². The molecule has 5 N–H and O–H groups in total. The summed E-state index contributed by atoms with van der Waals surface area (Å²) in [7, 11) is 2.83. The molecule has 0 fully saturated rings. The van der Waals surface area contributed by atoms with Crippen LogP contribution in [0.5, 0.6) is 0 Å². The molecule has 4 aliphatic carbocycles. The maximum Gasteiger partial charge on any atom is 0.309 e. The zero-order valence-electron chi connectivity index (χ0n) is 72.6. The van der Waals surface area contributed by atoms with Crippen molar-refractivity contribution < 1.29 is 29.0 Å². The molecule has 0 spiro atoms. The number of aryl methyl sites for hydroxylation is 2. The van der Waals surface area contributed by atoms with Crippen LogP contribution in [0.15, 0.2) is 152 Å². The van der Waals surface area contributed by atoms with Crippen LogP contribution in [0.4, 0.5) is 22.7 Å². The molecule has 0 unspecified atom stereocenters. The van der Waals surface area contributed by atoms with Gasteiger partial charge >= 0.3 is 17.9 Å². The van der Waals surface area contributed by atoms with Gasteiger partial charge in [-0.15, -0.1) is 0 Å². The molecule has 0 heterocycles. The number of fused-ring (bicyclic) bond motifs is 4. The second-order valence-electron chi connectivity index (χ2n) is 39.3. The predicted molar refractivity (Wildman–Crippen MR) is 467 cm³/mol. The number of carbonyl (C=O) groups excluding carboxylic acids is 2. The van der Waals surface area contributed by atoms with E-state index >= 15 is 0 Å². The summed E-state index contributed by atoms with van der Waals surface area (Å²) in [5.41, 5.74) is 32.3. The quantitative estimate of drug-likeness (QED) is 0.0498. The number of rotatable bonds is 19. The van der Waals surface area contributed by atoms with Crippen LogP contribution < -0.4 is 21.3 Å². The molecule has 12 rings (SSSR count). The van der Waals surface area contributed by atoms with Crippen molar-refractivity contribution in [1.29, 1.82) is 0 Å². The second kappa shape index (κ2) is 34.4. The Morgan fingerprint density at radius 3 is 0.946 bits per heavy atom. The van der Waals surface area contributed by atoms with Crippen LogP contribution >= 0.6 is 0 Å². The van der Waals surface area contributed by atoms with Gasteiger partial charge in [-0.2, -0.15) is 0 Å². The predicted octanol–water partition coefficient (Wildman–Crippen LogP) is 24.7. The number of nitrogens with one attached hydrogen (secondary N) is 4. The Hall–Kier alpha value is -8.63. The van der Waals surface area contributed by atoms with Gasteiger partial charge in [-0.3, -0.25) is 14.4 Å². The van der Waals surface area contributed by atoms with Crippen molar-refractivity contribution in [3.8, 4) is 0 Å². The summed E-state index contributed by atoms with van der Waals surface area (Å²) in [6, 6.07) is 54.2. The van der Waals surface area contributed by atoms with Gasteiger partial charge in [-0.25, -0.2) is 0 Å². The molecule has 10 nitrogen and oxygen atoms in total. The minimum atomic E-state index is -0.799. The smallest absolute Gasteiger partial charge is 0.309 e. The Bertz CT molecular complexity index is 4560. The summed E-state index contributed by atoms with van der Waals surface area (Å²) in [6.07, 6.45) is 10.6. The molecule has 0 aliphatic heterocycles. The molecule has 0 radical (unpaired) electrons. The molecule has 8 aromatic carbocycles. The van der Waals surface area contributed by atoms with Gasteiger partial charge < -0.3 is 35.8 Å². The van der Waals surface area contributed by atoms with Crippen molar-refractivity contribution in [2.24, 2.45) is 0 Å². The molecule has 8 aromatic rings. The van der Waals surface area contributed by atoms with Crippen molar-refractivity contribution in [2.45, 2.75) is 311 Å². The summed E-state index contributed by atoms with van der Waals surface area (Å²) in [5, 5.41) is 23.1. The van der Waals surface area contributed by atoms with Crippen LogP contribution in [0.25, 0.3) is 0 Å². The lowest BCUT2D eigenvalue weighted by molar-refractivity contribution is -0.140. The van der Waals surface area contributed by atoms with Crippen molar-refractivity contribution in [3.63, 3.8) is 0 Å². The standard InChI is InChI=1S/C26H35NO2.C26H37N.C25H33NO2.C24H31NO2/c1-17(2)21-15-23-22(25(3,4)11-12-26(23,5)6)14-19(21)16-27-20-9-7-18(8-10-20)13-24(28)29;1-18-15-22-23(26(7,8)14-13-25(22,5)6)16-19(18)17-27-21-11-9-20(10-12-21)24(2,3)4;1-17-13-21-22(25(4,5)12-11-24(21,2)3)15-19(17)16-26-20-9-7-18(8-10-20)14-23(27)28-6;1-23(2)12-13-24(3,4)21-14-18(8-11-20(21)23)16-25-19-9-6-17(7-10-19)15-22(26)27-5/h7-10,14-15,17,27H,11-13,16H2,1-6H3,(H,28,29);9-12,15-16,27H,13-14,17H2,1-8H3;7-10,13,15,26H,11-12,14,16H2,1-6H3;6-11,14,25H,12-13,15-16H2,1-5H3. The lowest BCUT2D eigenvalue weighted by Gasteiger charge is -2.42. The lowest BCUT2D eigenvalue weighted by atomic mass is 9.62. The Morgan fingerprint density at radius 1 is 0.351 bits per heavy atom. The minimum Gasteiger partial charge on any atom is -0.481 e. The highest BCUT2D eigenvalue weighted by molar-refractivity contribution is 5.73. The van der Waals surface area contributed by atoms with E-state index in [9.17, 15) is 14.4 Å². The number of carboxylic acids is 1. The molecule has 0 amide bonds. The molecule has 0 aromatic heterocycles. The van der Waals surface area contributed by atoms with Gasteiger partial charge in [-0.1, -0.05) is 249 Å². The third-order valence-electron chi connectivity index (χ3n) is 25.3. The number of methoxy groups -OCH3 is 2. The van der Waals surface area contributed by atoms with Crippen molar-refractivity contribution in [1.82, 2.24) is 0 Å². The Morgan fingerprint density at radius 2 is 0.622 bits per heavy atom. The minimum absolute atomic E-state index is 0.0630. The number of benzene rings is 8. The fourth-order valence-electron chi connectivity index (χ4n) is 16.8. The van der Waals surface area contributed by atoms with Gasteiger partial charge in [0.05, 0.1) is 33.5 Å². The van der Waals surface area contributed by atoms with Crippen molar-refractivity contribution in [3.05, 3.63) is 257 Å². The van der Waals surface area contributed by atoms with E-state index in [0.717, 1.165) is 59.9 Å². The third kappa shape index (κ3) is 21.8. The number of ether oxygens (including phenoxy) is 2. The van der Waals surface area contributed by atoms with Crippen LogP contribution in [0, 0.1) is 13.8 Å². The largest absolute Gasteiger partial charge is 0.481 e. The van der Waals surface area contributed by atoms with Crippen LogP contribution in [-0.2, 0) is 118 Å². The fraction of sp³-hybridized carbons (Fsp3) is 0.495. The number of anilines is 4. The summed E-state index contributed by atoms with van der Waals surface area (Å²) in [4.78, 5) is 33.6. The average molecular weight is 1500 g/mol. The van der Waals surface area contributed by atoms with E-state index in [1.54, 1.807) is 11.1 Å². The molecule has 0 atom stereocenters. The highest BCUT2D eigenvalue weighted by atomic mass is 16.5. The van der Waals surface area contributed by atoms with Crippen LogP contribution in [0.2, 0.25) is 0 Å². The van der Waals surface area contributed by atoms with Crippen LogP contribution in [0.1, 0.15) is 308 Å². The molecular weight excluding hydrogens is 1370 g/mol. The Balaban J connectivity index is 0.000000170. The van der Waals surface area contributed by atoms with Gasteiger partial charge in [0.25, 0.3) is 0 Å². The number of carbonyl (C=O) groups is 3. The van der Waals surface area contributed by atoms with Gasteiger partial charge in [0.15, 0.2) is 0 Å². The summed E-state index contributed by atoms with van der Waals surface area (Å²) < 4.78 is 9.44. The van der Waals surface area contributed by atoms with E-state index in [1.807, 2.05) is 72.8 Å². The highest BCUT2D eigenvalue weighted by Crippen LogP contribution is 2.51. The number of esters is 2. The maximum atomic E-state index is 11.4. The number of aliphatic carboxylic acids is 1. The maximum absolute atomic E-state index is 11.4.